The Morgan fingerprint density at radius 1 is 1.67 bits per heavy atom. The lowest BCUT2D eigenvalue weighted by Crippen LogP contribution is -2.17. The van der Waals surface area contributed by atoms with Crippen molar-refractivity contribution in [2.24, 2.45) is 5.73 Å². The molecule has 0 aromatic carbocycles. The molecule has 1 heterocycles. The summed E-state index contributed by atoms with van der Waals surface area (Å²) in [7, 11) is -1.89. The quantitative estimate of drug-likeness (QED) is 0.737. The van der Waals surface area contributed by atoms with E-state index in [1.807, 2.05) is 0 Å². The minimum Gasteiger partial charge on any atom is -0.326 e. The molecular weight excluding hydrogens is 196 g/mol. The van der Waals surface area contributed by atoms with Crippen LogP contribution in [0.1, 0.15) is 5.56 Å². The maximum atomic E-state index is 11.2. The molecule has 0 spiro atoms. The van der Waals surface area contributed by atoms with E-state index in [9.17, 15) is 8.42 Å². The van der Waals surface area contributed by atoms with Crippen LogP contribution >= 0.6 is 11.3 Å². The zero-order valence-electron chi connectivity index (χ0n) is 6.57. The molecule has 1 aromatic rings. The molecule has 0 saturated heterocycles. The van der Waals surface area contributed by atoms with Crippen molar-refractivity contribution in [3.05, 3.63) is 17.0 Å². The van der Waals surface area contributed by atoms with E-state index in [0.29, 0.717) is 10.8 Å². The summed E-state index contributed by atoms with van der Waals surface area (Å²) >= 11 is 1.18. The molecule has 68 valence electrons. The van der Waals surface area contributed by atoms with Gasteiger partial charge in [-0.05, 0) is 24.1 Å². The van der Waals surface area contributed by atoms with Gasteiger partial charge in [-0.1, -0.05) is 0 Å². The van der Waals surface area contributed by atoms with E-state index < -0.39 is 10.0 Å². The minimum atomic E-state index is -3.27. The van der Waals surface area contributed by atoms with E-state index in [2.05, 4.69) is 4.72 Å². The van der Waals surface area contributed by atoms with Gasteiger partial charge in [0.25, 0.3) is 0 Å². The third-order valence-corrected chi connectivity index (χ3v) is 4.30. The largest absolute Gasteiger partial charge is 0.326 e. The lowest BCUT2D eigenvalue weighted by atomic mass is 10.4. The van der Waals surface area contributed by atoms with Crippen LogP contribution in [0.2, 0.25) is 0 Å². The molecule has 0 saturated carbocycles. The number of rotatable bonds is 3. The third kappa shape index (κ3) is 1.84. The van der Waals surface area contributed by atoms with Crippen LogP contribution in [0.4, 0.5) is 0 Å². The fourth-order valence-corrected chi connectivity index (χ4v) is 2.76. The first-order chi connectivity index (χ1) is 5.60. The molecule has 1 aromatic heterocycles. The molecule has 0 atom stereocenters. The average molecular weight is 206 g/mol. The maximum absolute atomic E-state index is 11.2. The monoisotopic (exact) mass is 206 g/mol. The fourth-order valence-electron chi connectivity index (χ4n) is 0.702. The van der Waals surface area contributed by atoms with Gasteiger partial charge in [0, 0.05) is 6.54 Å². The fraction of sp³-hybridized carbons (Fsp3) is 0.333. The first-order valence-electron chi connectivity index (χ1n) is 3.31. The predicted octanol–water partition coefficient (Wildman–Crippen LogP) is 0.115. The first kappa shape index (κ1) is 9.66. The molecule has 0 fully saturated rings. The highest BCUT2D eigenvalue weighted by atomic mass is 32.2. The Morgan fingerprint density at radius 2 is 2.33 bits per heavy atom. The summed E-state index contributed by atoms with van der Waals surface area (Å²) in [6, 6.07) is 1.58. The van der Waals surface area contributed by atoms with Crippen molar-refractivity contribution in [3.8, 4) is 0 Å². The van der Waals surface area contributed by atoms with Gasteiger partial charge >= 0.3 is 0 Å². The van der Waals surface area contributed by atoms with Gasteiger partial charge in [0.15, 0.2) is 0 Å². The summed E-state index contributed by atoms with van der Waals surface area (Å²) < 4.78 is 24.9. The molecular formula is C6H10N2O2S2. The van der Waals surface area contributed by atoms with E-state index >= 15 is 0 Å². The van der Waals surface area contributed by atoms with E-state index in [1.165, 1.54) is 18.4 Å². The smallest absolute Gasteiger partial charge is 0.249 e. The zero-order valence-corrected chi connectivity index (χ0v) is 8.21. The van der Waals surface area contributed by atoms with Gasteiger partial charge in [0.05, 0.1) is 0 Å². The first-order valence-corrected chi connectivity index (χ1v) is 5.67. The minimum absolute atomic E-state index is 0.311. The van der Waals surface area contributed by atoms with Gasteiger partial charge in [-0.2, -0.15) is 0 Å². The van der Waals surface area contributed by atoms with Crippen LogP contribution in [0.15, 0.2) is 15.7 Å². The number of thiophene rings is 1. The number of nitrogens with one attached hydrogen (secondary N) is 1. The molecule has 12 heavy (non-hydrogen) atoms. The Balaban J connectivity index is 3.05. The van der Waals surface area contributed by atoms with Crippen molar-refractivity contribution in [1.82, 2.24) is 4.72 Å². The van der Waals surface area contributed by atoms with Gasteiger partial charge in [0.2, 0.25) is 10.0 Å². The van der Waals surface area contributed by atoms with Crippen LogP contribution in [0.5, 0.6) is 0 Å². The van der Waals surface area contributed by atoms with E-state index in [0.717, 1.165) is 5.56 Å². The summed E-state index contributed by atoms with van der Waals surface area (Å²) in [6.07, 6.45) is 0. The maximum Gasteiger partial charge on any atom is 0.249 e. The predicted molar refractivity (Wildman–Crippen MR) is 48.5 cm³/mol. The van der Waals surface area contributed by atoms with Crippen LogP contribution in [0.3, 0.4) is 0 Å². The number of hydrogen-bond donors (Lipinski definition) is 2. The van der Waals surface area contributed by atoms with Gasteiger partial charge in [-0.3, -0.25) is 0 Å². The molecule has 0 bridgehead atoms. The molecule has 0 aliphatic rings. The third-order valence-electron chi connectivity index (χ3n) is 1.40. The molecule has 6 heteroatoms. The van der Waals surface area contributed by atoms with Crippen LogP contribution in [0.25, 0.3) is 0 Å². The summed E-state index contributed by atoms with van der Waals surface area (Å²) in [5.41, 5.74) is 6.18. The Bertz CT molecular complexity index is 355. The topological polar surface area (TPSA) is 72.2 Å². The van der Waals surface area contributed by atoms with Crippen molar-refractivity contribution in [3.63, 3.8) is 0 Å². The highest BCUT2D eigenvalue weighted by Gasteiger charge is 2.13. The lowest BCUT2D eigenvalue weighted by Gasteiger charge is -1.95. The van der Waals surface area contributed by atoms with Crippen LogP contribution < -0.4 is 10.5 Å². The van der Waals surface area contributed by atoms with E-state index in [4.69, 9.17) is 5.73 Å². The molecule has 0 aliphatic carbocycles. The molecule has 3 N–H and O–H groups in total. The summed E-state index contributed by atoms with van der Waals surface area (Å²) in [6.45, 7) is 0.371. The Kier molecular flexibility index (Phi) is 2.84. The number of sulfonamides is 1. The average Bonchev–Trinajstić information content (AvgIpc) is 2.52. The Labute approximate surface area is 75.5 Å². The zero-order chi connectivity index (χ0) is 9.19. The number of nitrogens with two attached hydrogens (primary N) is 1. The van der Waals surface area contributed by atoms with Gasteiger partial charge < -0.3 is 5.73 Å². The Morgan fingerprint density at radius 3 is 2.75 bits per heavy atom. The van der Waals surface area contributed by atoms with Crippen molar-refractivity contribution in [2.45, 2.75) is 10.8 Å². The highest BCUT2D eigenvalue weighted by Crippen LogP contribution is 2.18. The van der Waals surface area contributed by atoms with Crippen molar-refractivity contribution >= 4 is 21.4 Å². The van der Waals surface area contributed by atoms with Crippen LogP contribution in [0, 0.1) is 0 Å². The highest BCUT2D eigenvalue weighted by molar-refractivity contribution is 7.91. The van der Waals surface area contributed by atoms with E-state index in [-0.39, 0.29) is 0 Å². The Hall–Kier alpha value is -0.430. The second-order valence-electron chi connectivity index (χ2n) is 2.19. The molecule has 0 radical (unpaired) electrons. The van der Waals surface area contributed by atoms with Gasteiger partial charge in [-0.15, -0.1) is 11.3 Å². The number of hydrogen-bond acceptors (Lipinski definition) is 4. The lowest BCUT2D eigenvalue weighted by molar-refractivity contribution is 0.590. The normalized spacial score (nSPS) is 11.8. The van der Waals surface area contributed by atoms with Crippen LogP contribution in [-0.2, 0) is 16.6 Å². The molecule has 4 nitrogen and oxygen atoms in total. The summed E-state index contributed by atoms with van der Waals surface area (Å²) in [5.74, 6) is 0. The second-order valence-corrected chi connectivity index (χ2v) is 5.21. The van der Waals surface area contributed by atoms with Gasteiger partial charge in [-0.25, -0.2) is 13.1 Å². The van der Waals surface area contributed by atoms with Crippen molar-refractivity contribution in [1.29, 1.82) is 0 Å². The van der Waals surface area contributed by atoms with Gasteiger partial charge in [0.1, 0.15) is 4.21 Å². The second kappa shape index (κ2) is 3.53. The molecule has 0 aliphatic heterocycles. The van der Waals surface area contributed by atoms with E-state index in [1.54, 1.807) is 11.4 Å². The van der Waals surface area contributed by atoms with Crippen LogP contribution in [-0.4, -0.2) is 15.5 Å². The molecule has 1 rings (SSSR count). The molecule has 0 unspecified atom stereocenters. The van der Waals surface area contributed by atoms with Crippen molar-refractivity contribution in [2.75, 3.05) is 7.05 Å². The van der Waals surface area contributed by atoms with Crippen molar-refractivity contribution < 1.29 is 8.42 Å². The SMILES string of the molecule is CNS(=O)(=O)c1cc(CN)cs1. The molecule has 0 amide bonds. The summed E-state index contributed by atoms with van der Waals surface area (Å²) in [4.78, 5) is 0. The summed E-state index contributed by atoms with van der Waals surface area (Å²) in [5, 5.41) is 1.74. The standard InChI is InChI=1S/C6H10N2O2S2/c1-8-12(9,10)6-2-5(3-7)4-11-6/h2,4,8H,3,7H2,1H3.